The Hall–Kier alpha value is -1.16. The van der Waals surface area contributed by atoms with Gasteiger partial charge in [-0.1, -0.05) is 6.92 Å². The Kier molecular flexibility index (Phi) is 4.49. The Balaban J connectivity index is 2.53. The molecule has 1 atom stereocenters. The van der Waals surface area contributed by atoms with Crippen molar-refractivity contribution in [2.75, 3.05) is 32.1 Å². The summed E-state index contributed by atoms with van der Waals surface area (Å²) in [7, 11) is 3.90. The molecule has 0 radical (unpaired) electrons. The molecule has 0 bridgehead atoms. The predicted octanol–water partition coefficient (Wildman–Crippen LogP) is 1.51. The van der Waals surface area contributed by atoms with Gasteiger partial charge in [0.1, 0.15) is 11.6 Å². The van der Waals surface area contributed by atoms with Gasteiger partial charge in [0, 0.05) is 13.6 Å². The molecule has 0 amide bonds. The first kappa shape index (κ1) is 11.9. The van der Waals surface area contributed by atoms with E-state index in [1.54, 1.807) is 6.07 Å². The van der Waals surface area contributed by atoms with Crippen LogP contribution in [0.4, 0.5) is 10.2 Å². The summed E-state index contributed by atoms with van der Waals surface area (Å²) in [4.78, 5) is 6.05. The molecule has 1 unspecified atom stereocenters. The van der Waals surface area contributed by atoms with E-state index in [9.17, 15) is 4.39 Å². The van der Waals surface area contributed by atoms with E-state index >= 15 is 0 Å². The second-order valence-electron chi connectivity index (χ2n) is 3.88. The van der Waals surface area contributed by atoms with E-state index in [0.717, 1.165) is 18.9 Å². The van der Waals surface area contributed by atoms with Gasteiger partial charge in [-0.15, -0.1) is 0 Å². The van der Waals surface area contributed by atoms with Crippen molar-refractivity contribution in [3.05, 3.63) is 24.1 Å². The van der Waals surface area contributed by atoms with Gasteiger partial charge in [-0.05, 0) is 31.6 Å². The number of anilines is 1. The van der Waals surface area contributed by atoms with Crippen molar-refractivity contribution in [3.8, 4) is 0 Å². The zero-order valence-corrected chi connectivity index (χ0v) is 9.50. The smallest absolute Gasteiger partial charge is 0.141 e. The molecule has 1 heterocycles. The summed E-state index contributed by atoms with van der Waals surface area (Å²) in [6, 6.07) is 3.13. The van der Waals surface area contributed by atoms with E-state index < -0.39 is 0 Å². The van der Waals surface area contributed by atoms with Gasteiger partial charge in [0.2, 0.25) is 0 Å². The summed E-state index contributed by atoms with van der Waals surface area (Å²) in [5, 5.41) is 3.13. The first-order chi connectivity index (χ1) is 7.13. The molecule has 84 valence electrons. The molecule has 0 aliphatic heterocycles. The van der Waals surface area contributed by atoms with Crippen LogP contribution < -0.4 is 10.2 Å². The fourth-order valence-electron chi connectivity index (χ4n) is 1.57. The minimum absolute atomic E-state index is 0.296. The molecule has 1 N–H and O–H groups in total. The molecule has 1 aromatic heterocycles. The van der Waals surface area contributed by atoms with Crippen LogP contribution in [0.15, 0.2) is 18.3 Å². The number of hydrogen-bond donors (Lipinski definition) is 1. The van der Waals surface area contributed by atoms with Crippen molar-refractivity contribution in [1.82, 2.24) is 10.3 Å². The summed E-state index contributed by atoms with van der Waals surface area (Å²) in [6.45, 7) is 4.03. The second-order valence-corrected chi connectivity index (χ2v) is 3.88. The van der Waals surface area contributed by atoms with Gasteiger partial charge >= 0.3 is 0 Å². The van der Waals surface area contributed by atoms with Crippen molar-refractivity contribution in [3.63, 3.8) is 0 Å². The molecule has 1 rings (SSSR count). The van der Waals surface area contributed by atoms with E-state index in [2.05, 4.69) is 17.2 Å². The number of rotatable bonds is 5. The molecule has 0 saturated carbocycles. The summed E-state index contributed by atoms with van der Waals surface area (Å²) in [5.41, 5.74) is 0. The molecule has 0 saturated heterocycles. The van der Waals surface area contributed by atoms with Gasteiger partial charge < -0.3 is 10.2 Å². The number of hydrogen-bond acceptors (Lipinski definition) is 3. The Labute approximate surface area is 90.3 Å². The molecule has 1 aromatic rings. The maximum absolute atomic E-state index is 12.6. The first-order valence-corrected chi connectivity index (χ1v) is 5.10. The molecular formula is C11H18FN3. The van der Waals surface area contributed by atoms with E-state index in [0.29, 0.717) is 5.92 Å². The lowest BCUT2D eigenvalue weighted by Crippen LogP contribution is -2.30. The molecule has 0 aliphatic rings. The summed E-state index contributed by atoms with van der Waals surface area (Å²) in [5.74, 6) is 1.04. The minimum Gasteiger partial charge on any atom is -0.359 e. The highest BCUT2D eigenvalue weighted by molar-refractivity contribution is 5.36. The number of aromatic nitrogens is 1. The van der Waals surface area contributed by atoms with E-state index in [1.165, 1.54) is 12.3 Å². The van der Waals surface area contributed by atoms with Crippen molar-refractivity contribution < 1.29 is 4.39 Å². The van der Waals surface area contributed by atoms with Crippen molar-refractivity contribution in [2.45, 2.75) is 6.92 Å². The SMILES string of the molecule is CNCC(C)CN(C)c1ccc(F)cn1. The monoisotopic (exact) mass is 211 g/mol. The van der Waals surface area contributed by atoms with Crippen LogP contribution in [-0.4, -0.2) is 32.2 Å². The molecule has 0 fully saturated rings. The summed E-state index contributed by atoms with van der Waals surface area (Å²) >= 11 is 0. The Morgan fingerprint density at radius 1 is 1.53 bits per heavy atom. The lowest BCUT2D eigenvalue weighted by molar-refractivity contribution is 0.540. The van der Waals surface area contributed by atoms with Gasteiger partial charge in [0.05, 0.1) is 6.20 Å². The molecule has 0 spiro atoms. The maximum atomic E-state index is 12.6. The maximum Gasteiger partial charge on any atom is 0.141 e. The predicted molar refractivity (Wildman–Crippen MR) is 60.6 cm³/mol. The Morgan fingerprint density at radius 2 is 2.27 bits per heavy atom. The van der Waals surface area contributed by atoms with Gasteiger partial charge in [0.15, 0.2) is 0 Å². The second kappa shape index (κ2) is 5.66. The van der Waals surface area contributed by atoms with E-state index in [4.69, 9.17) is 0 Å². The molecule has 0 aliphatic carbocycles. The quantitative estimate of drug-likeness (QED) is 0.800. The van der Waals surface area contributed by atoms with Crippen LogP contribution in [-0.2, 0) is 0 Å². The highest BCUT2D eigenvalue weighted by Crippen LogP contribution is 2.10. The van der Waals surface area contributed by atoms with Crippen LogP contribution in [0.2, 0.25) is 0 Å². The van der Waals surface area contributed by atoms with Gasteiger partial charge in [-0.25, -0.2) is 9.37 Å². The van der Waals surface area contributed by atoms with Crippen LogP contribution in [0.25, 0.3) is 0 Å². The highest BCUT2D eigenvalue weighted by Gasteiger charge is 2.07. The van der Waals surface area contributed by atoms with Crippen LogP contribution in [0, 0.1) is 11.7 Å². The van der Waals surface area contributed by atoms with Crippen LogP contribution >= 0.6 is 0 Å². The molecule has 4 heteroatoms. The Morgan fingerprint density at radius 3 is 2.80 bits per heavy atom. The van der Waals surface area contributed by atoms with Crippen molar-refractivity contribution in [1.29, 1.82) is 0 Å². The third-order valence-electron chi connectivity index (χ3n) is 2.24. The molecule has 3 nitrogen and oxygen atoms in total. The topological polar surface area (TPSA) is 28.2 Å². The number of halogens is 1. The standard InChI is InChI=1S/C11H18FN3/c1-9(6-13-2)8-15(3)11-5-4-10(12)7-14-11/h4-5,7,9,13H,6,8H2,1-3H3. The van der Waals surface area contributed by atoms with Gasteiger partial charge in [0.25, 0.3) is 0 Å². The molecule has 15 heavy (non-hydrogen) atoms. The number of pyridine rings is 1. The molecule has 0 aromatic carbocycles. The van der Waals surface area contributed by atoms with Crippen LogP contribution in [0.5, 0.6) is 0 Å². The zero-order valence-electron chi connectivity index (χ0n) is 9.50. The third kappa shape index (κ3) is 3.83. The number of nitrogens with one attached hydrogen (secondary N) is 1. The lowest BCUT2D eigenvalue weighted by Gasteiger charge is -2.22. The summed E-state index contributed by atoms with van der Waals surface area (Å²) in [6.07, 6.45) is 1.24. The zero-order chi connectivity index (χ0) is 11.3. The largest absolute Gasteiger partial charge is 0.359 e. The van der Waals surface area contributed by atoms with Crippen molar-refractivity contribution in [2.24, 2.45) is 5.92 Å². The number of nitrogens with zero attached hydrogens (tertiary/aromatic N) is 2. The van der Waals surface area contributed by atoms with Crippen molar-refractivity contribution >= 4 is 5.82 Å². The van der Waals surface area contributed by atoms with Gasteiger partial charge in [-0.3, -0.25) is 0 Å². The van der Waals surface area contributed by atoms with Gasteiger partial charge in [-0.2, -0.15) is 0 Å². The average molecular weight is 211 g/mol. The van der Waals surface area contributed by atoms with E-state index in [-0.39, 0.29) is 5.82 Å². The summed E-state index contributed by atoms with van der Waals surface area (Å²) < 4.78 is 12.6. The normalized spacial score (nSPS) is 12.5. The molecular weight excluding hydrogens is 193 g/mol. The van der Waals surface area contributed by atoms with E-state index in [1.807, 2.05) is 19.0 Å². The Bertz CT molecular complexity index is 286. The minimum atomic E-state index is -0.296. The third-order valence-corrected chi connectivity index (χ3v) is 2.24. The fraction of sp³-hybridized carbons (Fsp3) is 0.545. The van der Waals surface area contributed by atoms with Crippen LogP contribution in [0.1, 0.15) is 6.92 Å². The first-order valence-electron chi connectivity index (χ1n) is 5.10. The fourth-order valence-corrected chi connectivity index (χ4v) is 1.57. The average Bonchev–Trinajstić information content (AvgIpc) is 2.18. The highest BCUT2D eigenvalue weighted by atomic mass is 19.1. The lowest BCUT2D eigenvalue weighted by atomic mass is 10.1. The van der Waals surface area contributed by atoms with Crippen LogP contribution in [0.3, 0.4) is 0 Å².